The van der Waals surface area contributed by atoms with Crippen molar-refractivity contribution in [3.8, 4) is 0 Å². The molecule has 0 saturated carbocycles. The summed E-state index contributed by atoms with van der Waals surface area (Å²) < 4.78 is 6.34. The van der Waals surface area contributed by atoms with Crippen LogP contribution in [-0.2, 0) is 6.54 Å². The maximum Gasteiger partial charge on any atom is 0.169 e. The number of nitrogens with zero attached hydrogens (tertiary/aromatic N) is 1. The zero-order valence-electron chi connectivity index (χ0n) is 9.92. The van der Waals surface area contributed by atoms with Gasteiger partial charge < -0.3 is 9.73 Å². The molecule has 1 aliphatic heterocycles. The highest BCUT2D eigenvalue weighted by Crippen LogP contribution is 2.23. The molecule has 0 spiro atoms. The summed E-state index contributed by atoms with van der Waals surface area (Å²) in [5.41, 5.74) is 0.320. The summed E-state index contributed by atoms with van der Waals surface area (Å²) in [4.78, 5) is 2.45. The third-order valence-electron chi connectivity index (χ3n) is 3.57. The molecule has 90 valence electrons. The molecule has 0 radical (unpaired) electrons. The predicted molar refractivity (Wildman–Crippen MR) is 68.4 cm³/mol. The number of hydrogen-bond donors (Lipinski definition) is 1. The monoisotopic (exact) mass is 286 g/mol. The van der Waals surface area contributed by atoms with Crippen molar-refractivity contribution in [2.75, 3.05) is 20.1 Å². The van der Waals surface area contributed by atoms with Gasteiger partial charge in [0.15, 0.2) is 4.67 Å². The van der Waals surface area contributed by atoms with Crippen LogP contribution in [0.4, 0.5) is 0 Å². The van der Waals surface area contributed by atoms with Crippen molar-refractivity contribution < 1.29 is 4.42 Å². The van der Waals surface area contributed by atoms with Gasteiger partial charge in [0.2, 0.25) is 0 Å². The number of furan rings is 1. The van der Waals surface area contributed by atoms with Gasteiger partial charge in [-0.3, -0.25) is 4.90 Å². The first-order valence-electron chi connectivity index (χ1n) is 5.77. The Hall–Kier alpha value is -0.320. The van der Waals surface area contributed by atoms with E-state index in [0.29, 0.717) is 5.54 Å². The normalized spacial score (nSPS) is 21.2. The SMILES string of the molecule is CNC1(C)CCN(Cc2ccc(Br)o2)CC1. The number of halogens is 1. The van der Waals surface area contributed by atoms with Gasteiger partial charge in [-0.15, -0.1) is 0 Å². The zero-order valence-corrected chi connectivity index (χ0v) is 11.5. The summed E-state index contributed by atoms with van der Waals surface area (Å²) in [6, 6.07) is 3.99. The van der Waals surface area contributed by atoms with E-state index in [1.54, 1.807) is 0 Å². The van der Waals surface area contributed by atoms with E-state index in [4.69, 9.17) is 4.42 Å². The molecule has 1 aromatic rings. The van der Waals surface area contributed by atoms with Crippen molar-refractivity contribution in [1.29, 1.82) is 0 Å². The largest absolute Gasteiger partial charge is 0.453 e. The first-order chi connectivity index (χ1) is 7.61. The third kappa shape index (κ3) is 2.87. The minimum absolute atomic E-state index is 0.320. The van der Waals surface area contributed by atoms with Gasteiger partial charge in [0, 0.05) is 18.6 Å². The number of piperidine rings is 1. The minimum atomic E-state index is 0.320. The molecule has 1 saturated heterocycles. The first kappa shape index (κ1) is 12.1. The summed E-state index contributed by atoms with van der Waals surface area (Å²) in [6.45, 7) is 5.49. The highest BCUT2D eigenvalue weighted by Gasteiger charge is 2.28. The summed E-state index contributed by atoms with van der Waals surface area (Å²) in [5, 5.41) is 3.41. The van der Waals surface area contributed by atoms with Crippen LogP contribution < -0.4 is 5.32 Å². The second kappa shape index (κ2) is 4.90. The number of nitrogens with one attached hydrogen (secondary N) is 1. The molecule has 16 heavy (non-hydrogen) atoms. The molecule has 3 nitrogen and oxygen atoms in total. The van der Waals surface area contributed by atoms with Crippen molar-refractivity contribution in [1.82, 2.24) is 10.2 Å². The van der Waals surface area contributed by atoms with Gasteiger partial charge >= 0.3 is 0 Å². The van der Waals surface area contributed by atoms with Gasteiger partial charge in [0.1, 0.15) is 5.76 Å². The van der Waals surface area contributed by atoms with Gasteiger partial charge in [-0.2, -0.15) is 0 Å². The molecule has 0 unspecified atom stereocenters. The quantitative estimate of drug-likeness (QED) is 0.926. The van der Waals surface area contributed by atoms with Gasteiger partial charge in [0.05, 0.1) is 6.54 Å². The molecule has 0 aliphatic carbocycles. The minimum Gasteiger partial charge on any atom is -0.453 e. The molecule has 4 heteroatoms. The van der Waals surface area contributed by atoms with Crippen LogP contribution in [0.15, 0.2) is 21.2 Å². The molecular weight excluding hydrogens is 268 g/mol. The zero-order chi connectivity index (χ0) is 11.6. The molecule has 2 heterocycles. The van der Waals surface area contributed by atoms with E-state index in [9.17, 15) is 0 Å². The Morgan fingerprint density at radius 3 is 2.62 bits per heavy atom. The second-order valence-electron chi connectivity index (χ2n) is 4.79. The average molecular weight is 287 g/mol. The van der Waals surface area contributed by atoms with Gasteiger partial charge in [-0.1, -0.05) is 0 Å². The Labute approximate surface area is 105 Å². The van der Waals surface area contributed by atoms with Crippen LogP contribution in [0.1, 0.15) is 25.5 Å². The lowest BCUT2D eigenvalue weighted by molar-refractivity contribution is 0.138. The number of rotatable bonds is 3. The Bertz CT molecular complexity index is 343. The van der Waals surface area contributed by atoms with E-state index in [0.717, 1.165) is 30.1 Å². The smallest absolute Gasteiger partial charge is 0.169 e. The molecule has 0 atom stereocenters. The molecule has 0 bridgehead atoms. The van der Waals surface area contributed by atoms with Crippen LogP contribution in [0.5, 0.6) is 0 Å². The lowest BCUT2D eigenvalue weighted by Crippen LogP contribution is -2.49. The van der Waals surface area contributed by atoms with E-state index in [1.807, 2.05) is 12.1 Å². The van der Waals surface area contributed by atoms with Crippen molar-refractivity contribution in [2.24, 2.45) is 0 Å². The van der Waals surface area contributed by atoms with Crippen molar-refractivity contribution in [2.45, 2.75) is 31.8 Å². The van der Waals surface area contributed by atoms with Crippen molar-refractivity contribution >= 4 is 15.9 Å². The van der Waals surface area contributed by atoms with Gasteiger partial charge in [0.25, 0.3) is 0 Å². The van der Waals surface area contributed by atoms with E-state index in [2.05, 4.69) is 40.1 Å². The predicted octanol–water partition coefficient (Wildman–Crippen LogP) is 2.62. The molecule has 0 aromatic carbocycles. The van der Waals surface area contributed by atoms with Crippen LogP contribution in [-0.4, -0.2) is 30.6 Å². The molecular formula is C12H19BrN2O. The van der Waals surface area contributed by atoms with Crippen LogP contribution in [0.2, 0.25) is 0 Å². The Morgan fingerprint density at radius 2 is 2.12 bits per heavy atom. The molecule has 0 amide bonds. The summed E-state index contributed by atoms with van der Waals surface area (Å²) in [7, 11) is 2.05. The van der Waals surface area contributed by atoms with Crippen molar-refractivity contribution in [3.63, 3.8) is 0 Å². The molecule has 2 rings (SSSR count). The van der Waals surface area contributed by atoms with Crippen molar-refractivity contribution in [3.05, 3.63) is 22.6 Å². The number of hydrogen-bond acceptors (Lipinski definition) is 3. The third-order valence-corrected chi connectivity index (χ3v) is 4.00. The number of likely N-dealkylation sites (tertiary alicyclic amines) is 1. The summed E-state index contributed by atoms with van der Waals surface area (Å²) in [5.74, 6) is 1.04. The van der Waals surface area contributed by atoms with Crippen LogP contribution in [0, 0.1) is 0 Å². The van der Waals surface area contributed by atoms with E-state index >= 15 is 0 Å². The fourth-order valence-corrected chi connectivity index (χ4v) is 2.45. The lowest BCUT2D eigenvalue weighted by Gasteiger charge is -2.38. The van der Waals surface area contributed by atoms with E-state index < -0.39 is 0 Å². The fourth-order valence-electron chi connectivity index (χ4n) is 2.11. The molecule has 1 fully saturated rings. The second-order valence-corrected chi connectivity index (χ2v) is 5.57. The molecule has 1 aliphatic rings. The van der Waals surface area contributed by atoms with Gasteiger partial charge in [-0.05, 0) is 54.9 Å². The summed E-state index contributed by atoms with van der Waals surface area (Å²) >= 11 is 3.33. The first-order valence-corrected chi connectivity index (χ1v) is 6.56. The maximum absolute atomic E-state index is 5.52. The van der Waals surface area contributed by atoms with Crippen LogP contribution in [0.3, 0.4) is 0 Å². The standard InChI is InChI=1S/C12H19BrN2O/c1-12(14-2)5-7-15(8-6-12)9-10-3-4-11(13)16-10/h3-4,14H,5-9H2,1-2H3. The van der Waals surface area contributed by atoms with E-state index in [1.165, 1.54) is 12.8 Å². The molecule has 1 N–H and O–H groups in total. The fraction of sp³-hybridized carbons (Fsp3) is 0.667. The van der Waals surface area contributed by atoms with Crippen LogP contribution in [0.25, 0.3) is 0 Å². The average Bonchev–Trinajstić information content (AvgIpc) is 2.68. The maximum atomic E-state index is 5.52. The van der Waals surface area contributed by atoms with Gasteiger partial charge in [-0.25, -0.2) is 0 Å². The summed E-state index contributed by atoms with van der Waals surface area (Å²) in [6.07, 6.45) is 2.40. The Morgan fingerprint density at radius 1 is 1.44 bits per heavy atom. The topological polar surface area (TPSA) is 28.4 Å². The van der Waals surface area contributed by atoms with E-state index in [-0.39, 0.29) is 0 Å². The highest BCUT2D eigenvalue weighted by atomic mass is 79.9. The van der Waals surface area contributed by atoms with Crippen LogP contribution >= 0.6 is 15.9 Å². The lowest BCUT2D eigenvalue weighted by atomic mass is 9.90. The Kier molecular flexibility index (Phi) is 3.72. The highest BCUT2D eigenvalue weighted by molar-refractivity contribution is 9.10. The molecule has 1 aromatic heterocycles. The Balaban J connectivity index is 1.86.